The Kier molecular flexibility index (Phi) is 15.0. The summed E-state index contributed by atoms with van der Waals surface area (Å²) in [5.41, 5.74) is 0. The van der Waals surface area contributed by atoms with Crippen molar-refractivity contribution in [2.24, 2.45) is 0 Å². The molecule has 0 fully saturated rings. The van der Waals surface area contributed by atoms with Gasteiger partial charge in [0.25, 0.3) is 0 Å². The smallest absolute Gasteiger partial charge is 0.374 e. The first-order chi connectivity index (χ1) is 13.2. The molecule has 1 aromatic rings. The summed E-state index contributed by atoms with van der Waals surface area (Å²) in [4.78, 5) is 0. The van der Waals surface area contributed by atoms with Gasteiger partial charge >= 0.3 is 8.80 Å². The van der Waals surface area contributed by atoms with Crippen LogP contribution in [-0.4, -0.2) is 44.6 Å². The summed E-state index contributed by atoms with van der Waals surface area (Å²) >= 11 is 8.41. The van der Waals surface area contributed by atoms with Crippen molar-refractivity contribution in [3.05, 3.63) is 3.95 Å². The molecule has 1 aromatic heterocycles. The molecule has 0 saturated carbocycles. The fourth-order valence-electron chi connectivity index (χ4n) is 2.94. The number of aromatic amines is 1. The topological polar surface area (TPSA) is 56.4 Å². The molecule has 0 saturated heterocycles. The van der Waals surface area contributed by atoms with Crippen LogP contribution in [-0.2, 0) is 13.3 Å². The summed E-state index contributed by atoms with van der Waals surface area (Å²) in [6.07, 6.45) is 10.2. The second-order valence-electron chi connectivity index (χ2n) is 6.29. The highest BCUT2D eigenvalue weighted by Gasteiger charge is 2.39. The maximum absolute atomic E-state index is 5.91. The van der Waals surface area contributed by atoms with E-state index in [1.54, 1.807) is 11.3 Å². The highest BCUT2D eigenvalue weighted by molar-refractivity contribution is 8.01. The first-order valence-corrected chi connectivity index (χ1v) is 14.4. The van der Waals surface area contributed by atoms with Gasteiger partial charge < -0.3 is 13.3 Å². The first kappa shape index (κ1) is 25.3. The lowest BCUT2D eigenvalue weighted by atomic mass is 10.1. The number of nitrogens with zero attached hydrogens (tertiary/aromatic N) is 1. The molecule has 0 atom stereocenters. The van der Waals surface area contributed by atoms with Crippen LogP contribution in [0.1, 0.15) is 72.1 Å². The maximum Gasteiger partial charge on any atom is 0.500 e. The fourth-order valence-corrected chi connectivity index (χ4v) is 7.78. The number of aromatic nitrogens is 2. The SMILES string of the molecule is CCO[Si](CCCCCCCCCCSc1n[nH]c(=S)s1)(OCC)OCC. The predicted octanol–water partition coefficient (Wildman–Crippen LogP) is 6.46. The molecule has 1 heterocycles. The first-order valence-electron chi connectivity index (χ1n) is 10.3. The van der Waals surface area contributed by atoms with Crippen molar-refractivity contribution < 1.29 is 13.3 Å². The number of hydrogen-bond acceptors (Lipinski definition) is 7. The van der Waals surface area contributed by atoms with Crippen LogP contribution in [0.3, 0.4) is 0 Å². The van der Waals surface area contributed by atoms with E-state index in [4.69, 9.17) is 25.5 Å². The van der Waals surface area contributed by atoms with Crippen molar-refractivity contribution in [2.75, 3.05) is 25.6 Å². The Balaban J connectivity index is 2.00. The van der Waals surface area contributed by atoms with Gasteiger partial charge in [0, 0.05) is 31.6 Å². The van der Waals surface area contributed by atoms with E-state index in [9.17, 15) is 0 Å². The van der Waals surface area contributed by atoms with Gasteiger partial charge in [-0.05, 0) is 45.8 Å². The van der Waals surface area contributed by atoms with Crippen LogP contribution < -0.4 is 0 Å². The van der Waals surface area contributed by atoms with E-state index >= 15 is 0 Å². The number of H-pyrrole nitrogens is 1. The van der Waals surface area contributed by atoms with Crippen molar-refractivity contribution in [1.82, 2.24) is 10.2 Å². The zero-order valence-electron chi connectivity index (χ0n) is 17.1. The minimum absolute atomic E-state index is 0.666. The van der Waals surface area contributed by atoms with E-state index in [0.29, 0.717) is 19.8 Å². The lowest BCUT2D eigenvalue weighted by Gasteiger charge is -2.28. The maximum atomic E-state index is 5.91. The average molecular weight is 453 g/mol. The van der Waals surface area contributed by atoms with Crippen molar-refractivity contribution >= 4 is 44.1 Å². The van der Waals surface area contributed by atoms with Crippen molar-refractivity contribution in [1.29, 1.82) is 0 Å². The Bertz CT molecular complexity index is 511. The third kappa shape index (κ3) is 11.7. The number of unbranched alkanes of at least 4 members (excludes halogenated alkanes) is 7. The Morgan fingerprint density at radius 1 is 0.889 bits per heavy atom. The summed E-state index contributed by atoms with van der Waals surface area (Å²) in [5.74, 6) is 1.13. The van der Waals surface area contributed by atoms with Gasteiger partial charge in [-0.25, -0.2) is 0 Å². The van der Waals surface area contributed by atoms with Crippen LogP contribution >= 0.6 is 35.3 Å². The normalized spacial score (nSPS) is 12.0. The van der Waals surface area contributed by atoms with Crippen LogP contribution in [0.25, 0.3) is 0 Å². The number of hydrogen-bond donors (Lipinski definition) is 1. The van der Waals surface area contributed by atoms with Crippen molar-refractivity contribution in [3.8, 4) is 0 Å². The third-order valence-corrected chi connectivity index (χ3v) is 9.58. The molecular weight excluding hydrogens is 416 g/mol. The van der Waals surface area contributed by atoms with E-state index in [2.05, 4.69) is 10.2 Å². The summed E-state index contributed by atoms with van der Waals surface area (Å²) in [6, 6.07) is 0.944. The largest absolute Gasteiger partial charge is 0.500 e. The number of nitrogens with one attached hydrogen (secondary N) is 1. The molecule has 0 bridgehead atoms. The van der Waals surface area contributed by atoms with Gasteiger partial charge in [-0.2, -0.15) is 5.10 Å². The minimum Gasteiger partial charge on any atom is -0.374 e. The molecule has 1 rings (SSSR count). The number of rotatable bonds is 18. The molecule has 0 spiro atoms. The van der Waals surface area contributed by atoms with Crippen LogP contribution in [0.4, 0.5) is 0 Å². The zero-order valence-corrected chi connectivity index (χ0v) is 20.5. The van der Waals surface area contributed by atoms with Crippen molar-refractivity contribution in [2.45, 2.75) is 82.5 Å². The van der Waals surface area contributed by atoms with E-state index in [1.165, 1.54) is 44.9 Å². The van der Waals surface area contributed by atoms with Crippen LogP contribution in [0.5, 0.6) is 0 Å². The molecular formula is C18H36N2O3S3Si. The highest BCUT2D eigenvalue weighted by atomic mass is 32.2. The van der Waals surface area contributed by atoms with Gasteiger partial charge in [-0.1, -0.05) is 61.6 Å². The molecule has 0 aliphatic heterocycles. The quantitative estimate of drug-likeness (QED) is 0.119. The molecule has 9 heteroatoms. The summed E-state index contributed by atoms with van der Waals surface area (Å²) < 4.78 is 19.5. The standard InChI is InChI=1S/C18H36N2O3S3Si/c1-4-21-27(22-5-2,23-6-3)16-14-12-10-8-7-9-11-13-15-25-18-20-19-17(24)26-18/h4-16H2,1-3H3,(H,19,24). The van der Waals surface area contributed by atoms with E-state index in [-0.39, 0.29) is 0 Å². The van der Waals surface area contributed by atoms with E-state index in [1.807, 2.05) is 32.5 Å². The zero-order chi connectivity index (χ0) is 19.8. The van der Waals surface area contributed by atoms with Gasteiger partial charge in [0.2, 0.25) is 0 Å². The van der Waals surface area contributed by atoms with Gasteiger partial charge in [-0.3, -0.25) is 5.10 Å². The minimum atomic E-state index is -2.43. The lowest BCUT2D eigenvalue weighted by molar-refractivity contribution is 0.0706. The Labute approximate surface area is 179 Å². The third-order valence-electron chi connectivity index (χ3n) is 4.11. The van der Waals surface area contributed by atoms with Crippen LogP contribution in [0, 0.1) is 3.95 Å². The second kappa shape index (κ2) is 16.1. The van der Waals surface area contributed by atoms with Gasteiger partial charge in [0.05, 0.1) is 0 Å². The monoisotopic (exact) mass is 452 g/mol. The molecule has 0 aromatic carbocycles. The van der Waals surface area contributed by atoms with E-state index in [0.717, 1.165) is 26.5 Å². The van der Waals surface area contributed by atoms with Gasteiger partial charge in [0.1, 0.15) is 0 Å². The number of thioether (sulfide) groups is 1. The fraction of sp³-hybridized carbons (Fsp3) is 0.889. The summed E-state index contributed by atoms with van der Waals surface area (Å²) in [5, 5.41) is 7.00. The molecule has 158 valence electrons. The predicted molar refractivity (Wildman–Crippen MR) is 120 cm³/mol. The van der Waals surface area contributed by atoms with Crippen LogP contribution in [0.15, 0.2) is 4.34 Å². The molecule has 0 aliphatic carbocycles. The van der Waals surface area contributed by atoms with Gasteiger partial charge in [0.15, 0.2) is 8.29 Å². The van der Waals surface area contributed by atoms with Gasteiger partial charge in [-0.15, -0.1) is 0 Å². The Morgan fingerprint density at radius 2 is 1.41 bits per heavy atom. The molecule has 0 amide bonds. The molecule has 0 aliphatic rings. The van der Waals surface area contributed by atoms with Crippen LogP contribution in [0.2, 0.25) is 6.04 Å². The molecule has 1 N–H and O–H groups in total. The average Bonchev–Trinajstić information content (AvgIpc) is 3.05. The van der Waals surface area contributed by atoms with E-state index < -0.39 is 8.80 Å². The van der Waals surface area contributed by atoms with Crippen molar-refractivity contribution in [3.63, 3.8) is 0 Å². The summed E-state index contributed by atoms with van der Waals surface area (Å²) in [6.45, 7) is 8.05. The molecule has 27 heavy (non-hydrogen) atoms. The highest BCUT2D eigenvalue weighted by Crippen LogP contribution is 2.23. The lowest BCUT2D eigenvalue weighted by Crippen LogP contribution is -2.45. The Hall–Kier alpha value is 0.227. The Morgan fingerprint density at radius 3 is 1.89 bits per heavy atom. The second-order valence-corrected chi connectivity index (χ2v) is 12.0. The molecule has 0 unspecified atom stereocenters. The molecule has 5 nitrogen and oxygen atoms in total. The summed E-state index contributed by atoms with van der Waals surface area (Å²) in [7, 11) is -2.43. The molecule has 0 radical (unpaired) electrons.